The molecule has 7 nitrogen and oxygen atoms in total. The molecule has 0 saturated carbocycles. The van der Waals surface area contributed by atoms with Crippen LogP contribution < -0.4 is 5.73 Å². The summed E-state index contributed by atoms with van der Waals surface area (Å²) in [6, 6.07) is 9.61. The van der Waals surface area contributed by atoms with Crippen molar-refractivity contribution in [3.8, 4) is 0 Å². The Balaban J connectivity index is 1.67. The molecular formula is C19H25N5O2. The molecule has 0 spiro atoms. The number of piperazine rings is 1. The summed E-state index contributed by atoms with van der Waals surface area (Å²) in [4.78, 5) is 28.7. The van der Waals surface area contributed by atoms with Crippen molar-refractivity contribution in [1.29, 1.82) is 0 Å². The summed E-state index contributed by atoms with van der Waals surface area (Å²) in [6.45, 7) is 4.30. The van der Waals surface area contributed by atoms with Gasteiger partial charge in [0.25, 0.3) is 5.91 Å². The van der Waals surface area contributed by atoms with Gasteiger partial charge in [0, 0.05) is 39.4 Å². The molecule has 0 aliphatic carbocycles. The number of benzene rings is 1. The Bertz CT molecular complexity index is 786. The molecule has 1 fully saturated rings. The lowest BCUT2D eigenvalue weighted by Gasteiger charge is -2.39. The molecule has 1 unspecified atom stereocenters. The van der Waals surface area contributed by atoms with Crippen LogP contribution in [0.5, 0.6) is 0 Å². The van der Waals surface area contributed by atoms with Gasteiger partial charge in [0.1, 0.15) is 6.04 Å². The van der Waals surface area contributed by atoms with Gasteiger partial charge in [-0.05, 0) is 18.9 Å². The van der Waals surface area contributed by atoms with Gasteiger partial charge >= 0.3 is 0 Å². The Morgan fingerprint density at radius 3 is 2.58 bits per heavy atom. The summed E-state index contributed by atoms with van der Waals surface area (Å²) < 4.78 is 1.61. The minimum atomic E-state index is -0.619. The third-order valence-electron chi connectivity index (χ3n) is 4.86. The van der Waals surface area contributed by atoms with Crippen LogP contribution in [0, 0.1) is 6.92 Å². The van der Waals surface area contributed by atoms with E-state index in [0.717, 1.165) is 19.5 Å². The van der Waals surface area contributed by atoms with Crippen LogP contribution in [0.1, 0.15) is 21.6 Å². The fourth-order valence-corrected chi connectivity index (χ4v) is 3.43. The van der Waals surface area contributed by atoms with E-state index in [0.29, 0.717) is 24.3 Å². The number of hydrogen-bond acceptors (Lipinski definition) is 4. The quantitative estimate of drug-likeness (QED) is 0.850. The van der Waals surface area contributed by atoms with E-state index < -0.39 is 11.9 Å². The van der Waals surface area contributed by atoms with Crippen LogP contribution in [0.2, 0.25) is 0 Å². The Morgan fingerprint density at radius 2 is 1.96 bits per heavy atom. The maximum absolute atomic E-state index is 12.9. The molecule has 0 bridgehead atoms. The van der Waals surface area contributed by atoms with Crippen LogP contribution in [-0.2, 0) is 18.3 Å². The first-order chi connectivity index (χ1) is 12.5. The summed E-state index contributed by atoms with van der Waals surface area (Å²) in [5.74, 6) is -0.647. The molecular weight excluding hydrogens is 330 g/mol. The highest BCUT2D eigenvalue weighted by molar-refractivity contribution is 5.98. The molecule has 1 aliphatic rings. The van der Waals surface area contributed by atoms with Gasteiger partial charge < -0.3 is 10.6 Å². The highest BCUT2D eigenvalue weighted by Crippen LogP contribution is 2.16. The summed E-state index contributed by atoms with van der Waals surface area (Å²) in [6.07, 6.45) is 2.60. The van der Waals surface area contributed by atoms with Gasteiger partial charge in [0.2, 0.25) is 5.91 Å². The van der Waals surface area contributed by atoms with Crippen LogP contribution in [0.15, 0.2) is 36.5 Å². The fourth-order valence-electron chi connectivity index (χ4n) is 3.43. The predicted octanol–water partition coefficient (Wildman–Crippen LogP) is 0.583. The zero-order valence-electron chi connectivity index (χ0n) is 15.3. The van der Waals surface area contributed by atoms with Crippen LogP contribution in [-0.4, -0.2) is 63.6 Å². The molecule has 1 atom stereocenters. The highest BCUT2D eigenvalue weighted by atomic mass is 16.2. The number of aromatic nitrogens is 2. The third kappa shape index (κ3) is 3.94. The van der Waals surface area contributed by atoms with Crippen molar-refractivity contribution in [3.05, 3.63) is 53.3 Å². The molecule has 1 aliphatic heterocycles. The fraction of sp³-hybridized carbons (Fsp3) is 0.421. The summed E-state index contributed by atoms with van der Waals surface area (Å²) >= 11 is 0. The summed E-state index contributed by atoms with van der Waals surface area (Å²) in [5, 5.41) is 4.22. The van der Waals surface area contributed by atoms with Crippen molar-refractivity contribution >= 4 is 11.8 Å². The molecule has 1 saturated heterocycles. The normalized spacial score (nSPS) is 18.1. The molecule has 1 aromatic heterocycles. The second kappa shape index (κ2) is 7.70. The van der Waals surface area contributed by atoms with Crippen molar-refractivity contribution in [1.82, 2.24) is 19.6 Å². The highest BCUT2D eigenvalue weighted by Gasteiger charge is 2.35. The van der Waals surface area contributed by atoms with Gasteiger partial charge in [0.05, 0.1) is 11.3 Å². The second-order valence-electron chi connectivity index (χ2n) is 6.75. The number of primary amides is 1. The van der Waals surface area contributed by atoms with Crippen LogP contribution in [0.4, 0.5) is 0 Å². The van der Waals surface area contributed by atoms with E-state index >= 15 is 0 Å². The van der Waals surface area contributed by atoms with Crippen molar-refractivity contribution in [2.24, 2.45) is 12.8 Å². The van der Waals surface area contributed by atoms with Gasteiger partial charge in [-0.3, -0.25) is 19.2 Å². The Kier molecular flexibility index (Phi) is 5.37. The van der Waals surface area contributed by atoms with Crippen molar-refractivity contribution in [2.75, 3.05) is 26.2 Å². The van der Waals surface area contributed by atoms with Crippen molar-refractivity contribution in [2.45, 2.75) is 19.4 Å². The van der Waals surface area contributed by atoms with E-state index in [1.807, 2.05) is 18.2 Å². The number of carbonyl (C=O) groups excluding carboxylic acids is 2. The Hall–Kier alpha value is -2.67. The molecule has 3 rings (SSSR count). The smallest absolute Gasteiger partial charge is 0.258 e. The second-order valence-corrected chi connectivity index (χ2v) is 6.75. The molecule has 2 N–H and O–H groups in total. The van der Waals surface area contributed by atoms with E-state index in [9.17, 15) is 9.59 Å². The SMILES string of the molecule is Cc1nn(C)cc1C(=O)N1CCN(CCc2ccccc2)CC1C(N)=O. The standard InChI is InChI=1S/C19H25N5O2/c1-14-16(12-22(2)21-14)19(26)24-11-10-23(13-17(24)18(20)25)9-8-15-6-4-3-5-7-15/h3-7,12,17H,8-11,13H2,1-2H3,(H2,20,25). The number of rotatable bonds is 5. The first-order valence-corrected chi connectivity index (χ1v) is 8.82. The van der Waals surface area contributed by atoms with Crippen LogP contribution in [0.25, 0.3) is 0 Å². The molecule has 0 radical (unpaired) electrons. The molecule has 2 aromatic rings. The average Bonchev–Trinajstić information content (AvgIpc) is 2.98. The van der Waals surface area contributed by atoms with E-state index in [1.54, 1.807) is 29.7 Å². The van der Waals surface area contributed by atoms with E-state index in [1.165, 1.54) is 5.56 Å². The van der Waals surface area contributed by atoms with Gasteiger partial charge in [-0.25, -0.2) is 0 Å². The molecule has 26 heavy (non-hydrogen) atoms. The van der Waals surface area contributed by atoms with Crippen LogP contribution in [0.3, 0.4) is 0 Å². The summed E-state index contributed by atoms with van der Waals surface area (Å²) in [5.41, 5.74) is 8.05. The van der Waals surface area contributed by atoms with E-state index in [4.69, 9.17) is 5.73 Å². The maximum atomic E-state index is 12.9. The third-order valence-corrected chi connectivity index (χ3v) is 4.86. The van der Waals surface area contributed by atoms with Gasteiger partial charge in [-0.2, -0.15) is 5.10 Å². The minimum Gasteiger partial charge on any atom is -0.368 e. The molecule has 2 amide bonds. The maximum Gasteiger partial charge on any atom is 0.258 e. The molecule has 7 heteroatoms. The summed E-state index contributed by atoms with van der Waals surface area (Å²) in [7, 11) is 1.77. The number of nitrogens with zero attached hydrogens (tertiary/aromatic N) is 4. The lowest BCUT2D eigenvalue weighted by atomic mass is 10.1. The van der Waals surface area contributed by atoms with Gasteiger partial charge in [-0.1, -0.05) is 30.3 Å². The number of amides is 2. The van der Waals surface area contributed by atoms with Gasteiger partial charge in [-0.15, -0.1) is 0 Å². The minimum absolute atomic E-state index is 0.179. The zero-order valence-corrected chi connectivity index (χ0v) is 15.3. The molecule has 1 aromatic carbocycles. The lowest BCUT2D eigenvalue weighted by Crippen LogP contribution is -2.60. The number of aryl methyl sites for hydroxylation is 2. The van der Waals surface area contributed by atoms with Crippen molar-refractivity contribution < 1.29 is 9.59 Å². The molecule has 138 valence electrons. The van der Waals surface area contributed by atoms with E-state index in [2.05, 4.69) is 22.1 Å². The van der Waals surface area contributed by atoms with E-state index in [-0.39, 0.29) is 5.91 Å². The average molecular weight is 355 g/mol. The largest absolute Gasteiger partial charge is 0.368 e. The number of hydrogen-bond donors (Lipinski definition) is 1. The number of nitrogens with two attached hydrogens (primary N) is 1. The lowest BCUT2D eigenvalue weighted by molar-refractivity contribution is -0.124. The first-order valence-electron chi connectivity index (χ1n) is 8.82. The zero-order chi connectivity index (χ0) is 18.7. The molecule has 2 heterocycles. The van der Waals surface area contributed by atoms with Crippen LogP contribution >= 0.6 is 0 Å². The monoisotopic (exact) mass is 355 g/mol. The van der Waals surface area contributed by atoms with Crippen molar-refractivity contribution in [3.63, 3.8) is 0 Å². The first kappa shape index (κ1) is 18.1. The topological polar surface area (TPSA) is 84.5 Å². The Labute approximate surface area is 153 Å². The Morgan fingerprint density at radius 1 is 1.23 bits per heavy atom. The number of carbonyl (C=O) groups is 2. The van der Waals surface area contributed by atoms with Gasteiger partial charge in [0.15, 0.2) is 0 Å². The predicted molar refractivity (Wildman–Crippen MR) is 98.5 cm³/mol.